The molecule has 13 heteroatoms. The lowest BCUT2D eigenvalue weighted by atomic mass is 9.78. The Kier molecular flexibility index (Phi) is 9.52. The van der Waals surface area contributed by atoms with Crippen molar-refractivity contribution >= 4 is 29.5 Å². The molecule has 2 aromatic rings. The summed E-state index contributed by atoms with van der Waals surface area (Å²) < 4.78 is 46.3. The minimum absolute atomic E-state index is 0.0495. The van der Waals surface area contributed by atoms with Crippen molar-refractivity contribution in [3.8, 4) is 11.5 Å². The quantitative estimate of drug-likeness (QED) is 0.218. The summed E-state index contributed by atoms with van der Waals surface area (Å²) in [6, 6.07) is 6.20. The van der Waals surface area contributed by atoms with Crippen LogP contribution in [-0.4, -0.2) is 65.3 Å². The van der Waals surface area contributed by atoms with E-state index in [1.807, 2.05) is 41.5 Å². The molecule has 238 valence electrons. The van der Waals surface area contributed by atoms with Gasteiger partial charge in [0.1, 0.15) is 23.9 Å². The predicted octanol–water partition coefficient (Wildman–Crippen LogP) is 4.77. The maximum Gasteiger partial charge on any atom is 0.491 e. The summed E-state index contributed by atoms with van der Waals surface area (Å²) in [7, 11) is 0. The van der Waals surface area contributed by atoms with E-state index in [1.165, 1.54) is 17.0 Å². The Hall–Kier alpha value is -4.42. The third-order valence-electron chi connectivity index (χ3n) is 6.90. The number of ketones is 1. The number of phenols is 1. The number of carbonyl (C=O) groups excluding carboxylic acids is 4. The van der Waals surface area contributed by atoms with Crippen LogP contribution in [-0.2, 0) is 31.7 Å². The highest BCUT2D eigenvalue weighted by Gasteiger charge is 2.42. The number of aromatic hydroxyl groups is 1. The number of nitrogens with one attached hydrogen (secondary N) is 2. The molecule has 0 bridgehead atoms. The van der Waals surface area contributed by atoms with Gasteiger partial charge >= 0.3 is 18.1 Å². The fraction of sp³-hybridized carbons (Fsp3) is 0.452. The van der Waals surface area contributed by atoms with Gasteiger partial charge in [0.15, 0.2) is 5.78 Å². The SMILES string of the molecule is CCOc1cc2c(cc1C(=O)NCC(=O)OC(=O)C(F)(F)F)C(=N)N(CC(=O)c1cc(C(C)(C)C)c(O)c(C(C)(C)C)c1)C2. The van der Waals surface area contributed by atoms with E-state index >= 15 is 0 Å². The molecule has 2 aromatic carbocycles. The Morgan fingerprint density at radius 1 is 0.977 bits per heavy atom. The van der Waals surface area contributed by atoms with Crippen molar-refractivity contribution in [2.45, 2.75) is 72.0 Å². The highest BCUT2D eigenvalue weighted by molar-refractivity contribution is 6.08. The molecule has 3 N–H and O–H groups in total. The molecule has 0 unspecified atom stereocenters. The van der Waals surface area contributed by atoms with Crippen LogP contribution in [0.5, 0.6) is 11.5 Å². The lowest BCUT2D eigenvalue weighted by molar-refractivity contribution is -0.201. The number of hydrogen-bond acceptors (Lipinski definition) is 8. The summed E-state index contributed by atoms with van der Waals surface area (Å²) in [5, 5.41) is 21.8. The van der Waals surface area contributed by atoms with E-state index in [0.717, 1.165) is 0 Å². The van der Waals surface area contributed by atoms with Crippen molar-refractivity contribution in [3.05, 3.63) is 57.6 Å². The van der Waals surface area contributed by atoms with E-state index in [2.05, 4.69) is 10.1 Å². The zero-order valence-corrected chi connectivity index (χ0v) is 25.6. The normalized spacial score (nSPS) is 13.4. The number of hydrogen-bond donors (Lipinski definition) is 3. The maximum absolute atomic E-state index is 13.6. The fourth-order valence-corrected chi connectivity index (χ4v) is 4.66. The summed E-state index contributed by atoms with van der Waals surface area (Å²) >= 11 is 0. The first kappa shape index (κ1) is 34.1. The summed E-state index contributed by atoms with van der Waals surface area (Å²) in [4.78, 5) is 50.4. The van der Waals surface area contributed by atoms with Crippen LogP contribution in [0.25, 0.3) is 0 Å². The van der Waals surface area contributed by atoms with Gasteiger partial charge in [-0.1, -0.05) is 41.5 Å². The van der Waals surface area contributed by atoms with Crippen molar-refractivity contribution < 1.29 is 46.9 Å². The molecular weight excluding hydrogens is 583 g/mol. The van der Waals surface area contributed by atoms with E-state index < -0.39 is 41.4 Å². The molecule has 1 heterocycles. The number of fused-ring (bicyclic) bond motifs is 1. The average molecular weight is 620 g/mol. The number of carbonyl (C=O) groups is 4. The second-order valence-corrected chi connectivity index (χ2v) is 12.4. The molecule has 0 atom stereocenters. The largest absolute Gasteiger partial charge is 0.507 e. The predicted molar refractivity (Wildman–Crippen MR) is 154 cm³/mol. The molecule has 1 amide bonds. The Morgan fingerprint density at radius 3 is 2.05 bits per heavy atom. The van der Waals surface area contributed by atoms with Crippen LogP contribution in [0.15, 0.2) is 24.3 Å². The maximum atomic E-state index is 13.6. The van der Waals surface area contributed by atoms with Gasteiger partial charge in [-0.05, 0) is 47.6 Å². The number of amides is 1. The van der Waals surface area contributed by atoms with Crippen LogP contribution in [0.2, 0.25) is 0 Å². The number of rotatable bonds is 8. The first-order valence-corrected chi connectivity index (χ1v) is 13.8. The summed E-state index contributed by atoms with van der Waals surface area (Å²) in [5.41, 5.74) is 1.53. The van der Waals surface area contributed by atoms with Crippen molar-refractivity contribution in [2.24, 2.45) is 0 Å². The number of nitrogens with zero attached hydrogens (tertiary/aromatic N) is 1. The number of alkyl halides is 3. The number of Topliss-reactive ketones (excluding diaryl/α,β-unsaturated/α-hetero) is 1. The molecule has 3 rings (SSSR count). The smallest absolute Gasteiger partial charge is 0.491 e. The zero-order chi connectivity index (χ0) is 33.4. The van der Waals surface area contributed by atoms with Crippen molar-refractivity contribution in [1.29, 1.82) is 5.41 Å². The van der Waals surface area contributed by atoms with Gasteiger partial charge in [0.25, 0.3) is 5.91 Å². The molecule has 0 radical (unpaired) electrons. The number of esters is 2. The fourth-order valence-electron chi connectivity index (χ4n) is 4.66. The van der Waals surface area contributed by atoms with Crippen LogP contribution >= 0.6 is 0 Å². The molecule has 10 nitrogen and oxygen atoms in total. The van der Waals surface area contributed by atoms with Crippen molar-refractivity contribution in [1.82, 2.24) is 10.2 Å². The highest BCUT2D eigenvalue weighted by atomic mass is 19.4. The van der Waals surface area contributed by atoms with Gasteiger partial charge in [-0.2, -0.15) is 13.2 Å². The molecule has 0 aliphatic carbocycles. The zero-order valence-electron chi connectivity index (χ0n) is 25.6. The molecule has 0 spiro atoms. The third-order valence-corrected chi connectivity index (χ3v) is 6.90. The van der Waals surface area contributed by atoms with Crippen LogP contribution in [0.3, 0.4) is 0 Å². The van der Waals surface area contributed by atoms with E-state index in [-0.39, 0.29) is 48.4 Å². The Morgan fingerprint density at radius 2 is 1.55 bits per heavy atom. The van der Waals surface area contributed by atoms with E-state index in [9.17, 15) is 37.5 Å². The summed E-state index contributed by atoms with van der Waals surface area (Å²) in [5.74, 6) is -5.34. The number of phenolic OH excluding ortho intramolecular Hbond substituents is 1. The van der Waals surface area contributed by atoms with Crippen LogP contribution in [0.1, 0.15) is 91.4 Å². The van der Waals surface area contributed by atoms with Gasteiger partial charge in [-0.15, -0.1) is 0 Å². The minimum Gasteiger partial charge on any atom is -0.507 e. The van der Waals surface area contributed by atoms with Crippen LogP contribution in [0.4, 0.5) is 13.2 Å². The van der Waals surface area contributed by atoms with Gasteiger partial charge in [-0.3, -0.25) is 15.0 Å². The standard InChI is InChI=1S/C31H36F3N3O7/c1-8-43-23-11-17-14-37(15-22(38)16-9-20(29(2,3)4)25(40)21(10-16)30(5,6)7)26(35)18(17)12-19(23)27(41)36-13-24(39)44-28(42)31(32,33)34/h9-12,35,40H,8,13-15H2,1-7H3,(H,36,41). The molecule has 1 aliphatic heterocycles. The minimum atomic E-state index is -5.37. The second-order valence-electron chi connectivity index (χ2n) is 12.4. The topological polar surface area (TPSA) is 146 Å². The highest BCUT2D eigenvalue weighted by Crippen LogP contribution is 2.40. The second kappa shape index (κ2) is 12.3. The molecule has 0 aromatic heterocycles. The van der Waals surface area contributed by atoms with Crippen LogP contribution < -0.4 is 10.1 Å². The third kappa shape index (κ3) is 7.56. The molecule has 1 aliphatic rings. The number of ether oxygens (including phenoxy) is 2. The van der Waals surface area contributed by atoms with Gasteiger partial charge in [0.2, 0.25) is 0 Å². The van der Waals surface area contributed by atoms with Gasteiger partial charge in [0.05, 0.1) is 18.7 Å². The van der Waals surface area contributed by atoms with Crippen molar-refractivity contribution in [3.63, 3.8) is 0 Å². The van der Waals surface area contributed by atoms with E-state index in [4.69, 9.17) is 10.1 Å². The molecule has 0 fully saturated rings. The summed E-state index contributed by atoms with van der Waals surface area (Å²) in [6.07, 6.45) is -5.37. The average Bonchev–Trinajstić information content (AvgIpc) is 3.18. The molecule has 0 saturated carbocycles. The van der Waals surface area contributed by atoms with Crippen LogP contribution in [0, 0.1) is 5.41 Å². The molecule has 0 saturated heterocycles. The van der Waals surface area contributed by atoms with Gasteiger partial charge in [-0.25, -0.2) is 9.59 Å². The van der Waals surface area contributed by atoms with Crippen molar-refractivity contribution in [2.75, 3.05) is 19.7 Å². The monoisotopic (exact) mass is 619 g/mol. The van der Waals surface area contributed by atoms with E-state index in [0.29, 0.717) is 27.8 Å². The number of halogens is 3. The lowest BCUT2D eigenvalue weighted by Gasteiger charge is -2.28. The Bertz CT molecular complexity index is 1480. The first-order chi connectivity index (χ1) is 20.1. The summed E-state index contributed by atoms with van der Waals surface area (Å²) in [6.45, 7) is 12.4. The number of amidine groups is 1. The molecular formula is C31H36F3N3O7. The Balaban J connectivity index is 1.85. The Labute approximate surface area is 253 Å². The van der Waals surface area contributed by atoms with Gasteiger partial charge < -0.3 is 24.8 Å². The molecule has 44 heavy (non-hydrogen) atoms. The number of benzene rings is 2. The first-order valence-electron chi connectivity index (χ1n) is 13.8. The lowest BCUT2D eigenvalue weighted by Crippen LogP contribution is -2.35. The van der Waals surface area contributed by atoms with E-state index in [1.54, 1.807) is 19.1 Å². The van der Waals surface area contributed by atoms with Gasteiger partial charge in [0, 0.05) is 28.8 Å².